The second-order valence-electron chi connectivity index (χ2n) is 5.59. The van der Waals surface area contributed by atoms with E-state index < -0.39 is 0 Å². The Morgan fingerprint density at radius 2 is 1.95 bits per heavy atom. The molecule has 1 aliphatic rings. The lowest BCUT2D eigenvalue weighted by molar-refractivity contribution is 0.468. The smallest absolute Gasteiger partial charge is 0.0406 e. The van der Waals surface area contributed by atoms with Crippen LogP contribution in [0, 0.1) is 0 Å². The largest absolute Gasteiger partial charge is 0.316 e. The standard InChI is InChI=1S/C18H20ClNS/c1-20-16(12-21-17-8-6-15(19)7-9-17)11-14-10-13-4-2-3-5-18(13)14/h2-9,14,16,20H,10-12H2,1H3. The Morgan fingerprint density at radius 1 is 1.19 bits per heavy atom. The molecule has 0 spiro atoms. The first kappa shape index (κ1) is 15.0. The fraction of sp³-hybridized carbons (Fsp3) is 0.333. The summed E-state index contributed by atoms with van der Waals surface area (Å²) in [7, 11) is 2.07. The first-order valence-electron chi connectivity index (χ1n) is 7.39. The number of nitrogens with one attached hydrogen (secondary N) is 1. The first-order valence-corrected chi connectivity index (χ1v) is 8.76. The normalized spacial score (nSPS) is 17.9. The zero-order chi connectivity index (χ0) is 14.7. The van der Waals surface area contributed by atoms with Gasteiger partial charge in [-0.25, -0.2) is 0 Å². The molecule has 21 heavy (non-hydrogen) atoms. The fourth-order valence-corrected chi connectivity index (χ4v) is 4.06. The van der Waals surface area contributed by atoms with Crippen LogP contribution in [0.3, 0.4) is 0 Å². The number of fused-ring (bicyclic) bond motifs is 1. The van der Waals surface area contributed by atoms with Gasteiger partial charge in [0, 0.05) is 21.7 Å². The Balaban J connectivity index is 1.53. The van der Waals surface area contributed by atoms with Gasteiger partial charge in [0.25, 0.3) is 0 Å². The molecule has 3 heteroatoms. The Morgan fingerprint density at radius 3 is 2.67 bits per heavy atom. The van der Waals surface area contributed by atoms with E-state index in [0.29, 0.717) is 6.04 Å². The van der Waals surface area contributed by atoms with Gasteiger partial charge in [0.05, 0.1) is 0 Å². The van der Waals surface area contributed by atoms with Crippen molar-refractivity contribution in [2.75, 3.05) is 12.8 Å². The number of hydrogen-bond donors (Lipinski definition) is 1. The molecule has 0 aromatic heterocycles. The van der Waals surface area contributed by atoms with E-state index in [9.17, 15) is 0 Å². The van der Waals surface area contributed by atoms with Gasteiger partial charge in [0.2, 0.25) is 0 Å². The highest BCUT2D eigenvalue weighted by Crippen LogP contribution is 2.38. The molecule has 0 bridgehead atoms. The van der Waals surface area contributed by atoms with Crippen molar-refractivity contribution in [3.8, 4) is 0 Å². The fourth-order valence-electron chi connectivity index (χ4n) is 2.91. The summed E-state index contributed by atoms with van der Waals surface area (Å²) in [5, 5.41) is 4.27. The molecule has 1 nitrogen and oxygen atoms in total. The molecule has 0 heterocycles. The van der Waals surface area contributed by atoms with Crippen LogP contribution in [-0.2, 0) is 6.42 Å². The molecule has 1 aliphatic carbocycles. The van der Waals surface area contributed by atoms with Crippen LogP contribution in [0.5, 0.6) is 0 Å². The quantitative estimate of drug-likeness (QED) is 0.772. The summed E-state index contributed by atoms with van der Waals surface area (Å²) >= 11 is 7.82. The highest BCUT2D eigenvalue weighted by atomic mass is 35.5. The Hall–Kier alpha value is -0.960. The molecule has 2 aromatic carbocycles. The monoisotopic (exact) mass is 317 g/mol. The predicted molar refractivity (Wildman–Crippen MR) is 92.5 cm³/mol. The van der Waals surface area contributed by atoms with Gasteiger partial charge in [-0.15, -0.1) is 11.8 Å². The van der Waals surface area contributed by atoms with Gasteiger partial charge in [-0.3, -0.25) is 0 Å². The van der Waals surface area contributed by atoms with E-state index in [2.05, 4.69) is 48.8 Å². The lowest BCUT2D eigenvalue weighted by Crippen LogP contribution is -2.32. The minimum absolute atomic E-state index is 0.545. The molecule has 2 unspecified atom stereocenters. The molecule has 0 radical (unpaired) electrons. The van der Waals surface area contributed by atoms with Crippen molar-refractivity contribution in [2.24, 2.45) is 0 Å². The van der Waals surface area contributed by atoms with Crippen LogP contribution in [0.15, 0.2) is 53.4 Å². The molecule has 1 N–H and O–H groups in total. The summed E-state index contributed by atoms with van der Waals surface area (Å²) in [5.74, 6) is 1.82. The van der Waals surface area contributed by atoms with Crippen LogP contribution in [0.2, 0.25) is 5.02 Å². The second kappa shape index (κ2) is 6.87. The number of rotatable bonds is 6. The van der Waals surface area contributed by atoms with E-state index in [1.165, 1.54) is 23.3 Å². The van der Waals surface area contributed by atoms with E-state index in [1.807, 2.05) is 23.9 Å². The van der Waals surface area contributed by atoms with Gasteiger partial charge in [-0.1, -0.05) is 35.9 Å². The maximum absolute atomic E-state index is 5.92. The van der Waals surface area contributed by atoms with Crippen LogP contribution in [0.1, 0.15) is 23.5 Å². The van der Waals surface area contributed by atoms with Crippen LogP contribution in [0.25, 0.3) is 0 Å². The van der Waals surface area contributed by atoms with Crippen molar-refractivity contribution in [1.29, 1.82) is 0 Å². The lowest BCUT2D eigenvalue weighted by Gasteiger charge is -2.33. The van der Waals surface area contributed by atoms with E-state index in [1.54, 1.807) is 5.56 Å². The average molecular weight is 318 g/mol. The topological polar surface area (TPSA) is 12.0 Å². The molecule has 0 fully saturated rings. The maximum atomic E-state index is 5.92. The first-order chi connectivity index (χ1) is 10.3. The lowest BCUT2D eigenvalue weighted by atomic mass is 9.74. The van der Waals surface area contributed by atoms with Crippen molar-refractivity contribution < 1.29 is 0 Å². The van der Waals surface area contributed by atoms with Crippen molar-refractivity contribution in [2.45, 2.75) is 29.7 Å². The Labute approximate surface area is 136 Å². The highest BCUT2D eigenvalue weighted by molar-refractivity contribution is 7.99. The minimum atomic E-state index is 0.545. The zero-order valence-electron chi connectivity index (χ0n) is 12.2. The Bertz CT molecular complexity index is 596. The average Bonchev–Trinajstić information content (AvgIpc) is 2.49. The SMILES string of the molecule is CNC(CSc1ccc(Cl)cc1)CC1Cc2ccccc21. The van der Waals surface area contributed by atoms with Crippen LogP contribution in [-0.4, -0.2) is 18.8 Å². The van der Waals surface area contributed by atoms with Crippen LogP contribution < -0.4 is 5.32 Å². The summed E-state index contributed by atoms with van der Waals surface area (Å²) in [6, 6.07) is 17.5. The summed E-state index contributed by atoms with van der Waals surface area (Å²) in [5.41, 5.74) is 3.08. The van der Waals surface area contributed by atoms with E-state index in [4.69, 9.17) is 11.6 Å². The molecular formula is C18H20ClNS. The molecule has 110 valence electrons. The van der Waals surface area contributed by atoms with E-state index >= 15 is 0 Å². The van der Waals surface area contributed by atoms with Gasteiger partial charge in [0.15, 0.2) is 0 Å². The molecule has 0 saturated carbocycles. The zero-order valence-corrected chi connectivity index (χ0v) is 13.8. The van der Waals surface area contributed by atoms with E-state index in [-0.39, 0.29) is 0 Å². The third-order valence-electron chi connectivity index (χ3n) is 4.20. The van der Waals surface area contributed by atoms with Gasteiger partial charge < -0.3 is 5.32 Å². The maximum Gasteiger partial charge on any atom is 0.0406 e. The van der Waals surface area contributed by atoms with Crippen molar-refractivity contribution >= 4 is 23.4 Å². The van der Waals surface area contributed by atoms with Crippen molar-refractivity contribution in [3.63, 3.8) is 0 Å². The predicted octanol–water partition coefficient (Wildman–Crippen LogP) is 4.75. The third-order valence-corrected chi connectivity index (χ3v) is 5.63. The van der Waals surface area contributed by atoms with Crippen molar-refractivity contribution in [3.05, 3.63) is 64.7 Å². The summed E-state index contributed by atoms with van der Waals surface area (Å²) in [4.78, 5) is 1.29. The molecule has 2 atom stereocenters. The van der Waals surface area contributed by atoms with Gasteiger partial charge in [-0.2, -0.15) is 0 Å². The van der Waals surface area contributed by atoms with Crippen LogP contribution in [0.4, 0.5) is 0 Å². The second-order valence-corrected chi connectivity index (χ2v) is 7.12. The summed E-state index contributed by atoms with van der Waals surface area (Å²) < 4.78 is 0. The van der Waals surface area contributed by atoms with E-state index in [0.717, 1.165) is 16.7 Å². The van der Waals surface area contributed by atoms with Crippen molar-refractivity contribution in [1.82, 2.24) is 5.32 Å². The number of hydrogen-bond acceptors (Lipinski definition) is 2. The molecule has 0 amide bonds. The molecular weight excluding hydrogens is 298 g/mol. The van der Waals surface area contributed by atoms with Gasteiger partial charge >= 0.3 is 0 Å². The minimum Gasteiger partial charge on any atom is -0.316 e. The molecule has 3 rings (SSSR count). The summed E-state index contributed by atoms with van der Waals surface area (Å²) in [6.45, 7) is 0. The Kier molecular flexibility index (Phi) is 4.89. The summed E-state index contributed by atoms with van der Waals surface area (Å²) in [6.07, 6.45) is 2.45. The van der Waals surface area contributed by atoms with Gasteiger partial charge in [-0.05, 0) is 61.2 Å². The number of benzene rings is 2. The van der Waals surface area contributed by atoms with Gasteiger partial charge in [0.1, 0.15) is 0 Å². The third kappa shape index (κ3) is 3.63. The number of thioether (sulfide) groups is 1. The van der Waals surface area contributed by atoms with Crippen LogP contribution >= 0.6 is 23.4 Å². The highest BCUT2D eigenvalue weighted by Gasteiger charge is 2.27. The molecule has 0 aliphatic heterocycles. The number of halogens is 1. The molecule has 0 saturated heterocycles. The molecule has 2 aromatic rings.